The highest BCUT2D eigenvalue weighted by Gasteiger charge is 2.10. The lowest BCUT2D eigenvalue weighted by molar-refractivity contribution is 0.116. The van der Waals surface area contributed by atoms with Crippen LogP contribution < -0.4 is 5.73 Å². The van der Waals surface area contributed by atoms with E-state index in [1.807, 2.05) is 0 Å². The van der Waals surface area contributed by atoms with E-state index in [9.17, 15) is 5.11 Å². The van der Waals surface area contributed by atoms with E-state index in [0.717, 1.165) is 24.2 Å². The lowest BCUT2D eigenvalue weighted by Crippen LogP contribution is -2.06. The first-order valence-corrected chi connectivity index (χ1v) is 6.14. The Kier molecular flexibility index (Phi) is 5.94. The molecule has 0 spiro atoms. The van der Waals surface area contributed by atoms with Crippen molar-refractivity contribution in [3.63, 3.8) is 0 Å². The molecule has 17 heavy (non-hydrogen) atoms. The van der Waals surface area contributed by atoms with E-state index in [-0.39, 0.29) is 5.75 Å². The van der Waals surface area contributed by atoms with Crippen molar-refractivity contribution in [2.24, 2.45) is 5.73 Å². The van der Waals surface area contributed by atoms with Crippen molar-refractivity contribution < 1.29 is 9.84 Å². The Morgan fingerprint density at radius 2 is 2.18 bits per heavy atom. The predicted molar refractivity (Wildman–Crippen MR) is 67.7 cm³/mol. The Morgan fingerprint density at radius 1 is 1.41 bits per heavy atom. The molecule has 0 radical (unpaired) electrons. The molecule has 0 saturated carbocycles. The van der Waals surface area contributed by atoms with E-state index in [0.29, 0.717) is 18.8 Å². The summed E-state index contributed by atoms with van der Waals surface area (Å²) in [5, 5.41) is 9.82. The highest BCUT2D eigenvalue weighted by atomic mass is 16.5. The molecule has 4 heteroatoms. The molecular formula is C13H22N2O2. The maximum Gasteiger partial charge on any atom is 0.141 e. The van der Waals surface area contributed by atoms with Crippen LogP contribution in [0.4, 0.5) is 0 Å². The smallest absolute Gasteiger partial charge is 0.141 e. The summed E-state index contributed by atoms with van der Waals surface area (Å²) in [7, 11) is 0. The summed E-state index contributed by atoms with van der Waals surface area (Å²) in [6.45, 7) is 5.45. The van der Waals surface area contributed by atoms with Gasteiger partial charge in [-0.25, -0.2) is 0 Å². The van der Waals surface area contributed by atoms with Gasteiger partial charge in [0.25, 0.3) is 0 Å². The average molecular weight is 238 g/mol. The van der Waals surface area contributed by atoms with E-state index in [1.165, 1.54) is 12.8 Å². The standard InChI is InChI=1S/C13H22N2O2/c1-3-4-5-6-17-9-11-8-15-10(2)13(16)12(11)7-14/h8,16H,3-7,9,14H2,1-2H3. The van der Waals surface area contributed by atoms with E-state index in [2.05, 4.69) is 11.9 Å². The van der Waals surface area contributed by atoms with Gasteiger partial charge in [0.15, 0.2) is 0 Å². The van der Waals surface area contributed by atoms with Crippen LogP contribution in [0.15, 0.2) is 6.20 Å². The van der Waals surface area contributed by atoms with Gasteiger partial charge >= 0.3 is 0 Å². The van der Waals surface area contributed by atoms with Gasteiger partial charge in [-0.2, -0.15) is 0 Å². The number of hydrogen-bond donors (Lipinski definition) is 2. The number of nitrogens with two attached hydrogens (primary N) is 1. The molecule has 0 atom stereocenters. The molecule has 0 aliphatic rings. The summed E-state index contributed by atoms with van der Waals surface area (Å²) in [5.74, 6) is 0.196. The molecule has 1 rings (SSSR count). The zero-order valence-electron chi connectivity index (χ0n) is 10.7. The van der Waals surface area contributed by atoms with E-state index in [1.54, 1.807) is 13.1 Å². The van der Waals surface area contributed by atoms with Gasteiger partial charge in [-0.1, -0.05) is 19.8 Å². The van der Waals surface area contributed by atoms with E-state index < -0.39 is 0 Å². The van der Waals surface area contributed by atoms with Crippen LogP contribution in [0.3, 0.4) is 0 Å². The molecule has 0 amide bonds. The van der Waals surface area contributed by atoms with Crippen molar-refractivity contribution in [2.45, 2.75) is 46.3 Å². The molecule has 1 aromatic heterocycles. The van der Waals surface area contributed by atoms with Crippen LogP contribution in [0.25, 0.3) is 0 Å². The number of rotatable bonds is 7. The van der Waals surface area contributed by atoms with Crippen molar-refractivity contribution in [3.05, 3.63) is 23.0 Å². The molecule has 0 aliphatic heterocycles. The Balaban J connectivity index is 2.56. The van der Waals surface area contributed by atoms with Gasteiger partial charge in [0.05, 0.1) is 12.3 Å². The van der Waals surface area contributed by atoms with Crippen molar-refractivity contribution in [1.82, 2.24) is 4.98 Å². The summed E-state index contributed by atoms with van der Waals surface area (Å²) in [6.07, 6.45) is 5.17. The second-order valence-corrected chi connectivity index (χ2v) is 4.16. The van der Waals surface area contributed by atoms with Gasteiger partial charge < -0.3 is 15.6 Å². The molecule has 0 unspecified atom stereocenters. The number of unbranched alkanes of at least 4 members (excludes halogenated alkanes) is 2. The van der Waals surface area contributed by atoms with Gasteiger partial charge in [-0.15, -0.1) is 0 Å². The fourth-order valence-electron chi connectivity index (χ4n) is 1.67. The minimum Gasteiger partial charge on any atom is -0.506 e. The third-order valence-electron chi connectivity index (χ3n) is 2.78. The van der Waals surface area contributed by atoms with Crippen LogP contribution in [-0.2, 0) is 17.9 Å². The van der Waals surface area contributed by atoms with Gasteiger partial charge in [0.2, 0.25) is 0 Å². The maximum atomic E-state index is 9.82. The third kappa shape index (κ3) is 3.98. The summed E-state index contributed by atoms with van der Waals surface area (Å²) < 4.78 is 5.55. The number of aromatic nitrogens is 1. The lowest BCUT2D eigenvalue weighted by Gasteiger charge is -2.11. The largest absolute Gasteiger partial charge is 0.506 e. The first-order chi connectivity index (χ1) is 8.20. The zero-order chi connectivity index (χ0) is 12.7. The summed E-state index contributed by atoms with van der Waals surface area (Å²) >= 11 is 0. The molecule has 0 bridgehead atoms. The van der Waals surface area contributed by atoms with Crippen molar-refractivity contribution in [1.29, 1.82) is 0 Å². The predicted octanol–water partition coefficient (Wildman–Crippen LogP) is 2.26. The molecule has 0 aliphatic carbocycles. The maximum absolute atomic E-state index is 9.82. The second kappa shape index (κ2) is 7.25. The fourth-order valence-corrected chi connectivity index (χ4v) is 1.67. The van der Waals surface area contributed by atoms with Crippen LogP contribution in [0.2, 0.25) is 0 Å². The van der Waals surface area contributed by atoms with Gasteiger partial charge in [0, 0.05) is 30.5 Å². The number of pyridine rings is 1. The average Bonchev–Trinajstić information content (AvgIpc) is 2.33. The van der Waals surface area contributed by atoms with Crippen LogP contribution in [0, 0.1) is 6.92 Å². The first-order valence-electron chi connectivity index (χ1n) is 6.14. The minimum absolute atomic E-state index is 0.196. The SMILES string of the molecule is CCCCCOCc1cnc(C)c(O)c1CN. The molecule has 0 aromatic carbocycles. The number of hydrogen-bond acceptors (Lipinski definition) is 4. The minimum atomic E-state index is 0.196. The van der Waals surface area contributed by atoms with Gasteiger partial charge in [-0.3, -0.25) is 4.98 Å². The van der Waals surface area contributed by atoms with Crippen molar-refractivity contribution >= 4 is 0 Å². The van der Waals surface area contributed by atoms with Crippen molar-refractivity contribution in [2.75, 3.05) is 6.61 Å². The van der Waals surface area contributed by atoms with Crippen LogP contribution in [-0.4, -0.2) is 16.7 Å². The van der Waals surface area contributed by atoms with Crippen LogP contribution >= 0.6 is 0 Å². The molecule has 1 heterocycles. The number of nitrogens with zero attached hydrogens (tertiary/aromatic N) is 1. The Hall–Kier alpha value is -1.13. The molecule has 0 saturated heterocycles. The number of ether oxygens (including phenoxy) is 1. The quantitative estimate of drug-likeness (QED) is 0.715. The molecule has 4 nitrogen and oxygen atoms in total. The second-order valence-electron chi connectivity index (χ2n) is 4.16. The zero-order valence-corrected chi connectivity index (χ0v) is 10.7. The molecule has 3 N–H and O–H groups in total. The van der Waals surface area contributed by atoms with Gasteiger partial charge in [-0.05, 0) is 13.3 Å². The van der Waals surface area contributed by atoms with Crippen LogP contribution in [0.1, 0.15) is 43.0 Å². The fraction of sp³-hybridized carbons (Fsp3) is 0.615. The first kappa shape index (κ1) is 13.9. The van der Waals surface area contributed by atoms with E-state index >= 15 is 0 Å². The van der Waals surface area contributed by atoms with Crippen molar-refractivity contribution in [3.8, 4) is 5.75 Å². The summed E-state index contributed by atoms with van der Waals surface area (Å²) in [5.41, 5.74) is 7.87. The van der Waals surface area contributed by atoms with E-state index in [4.69, 9.17) is 10.5 Å². The summed E-state index contributed by atoms with van der Waals surface area (Å²) in [6, 6.07) is 0. The van der Waals surface area contributed by atoms with Gasteiger partial charge in [0.1, 0.15) is 5.75 Å². The molecular weight excluding hydrogens is 216 g/mol. The Bertz CT molecular complexity index is 354. The third-order valence-corrected chi connectivity index (χ3v) is 2.78. The highest BCUT2D eigenvalue weighted by molar-refractivity contribution is 5.40. The van der Waals surface area contributed by atoms with Crippen LogP contribution in [0.5, 0.6) is 5.75 Å². The number of aryl methyl sites for hydroxylation is 1. The summed E-state index contributed by atoms with van der Waals surface area (Å²) in [4.78, 5) is 4.12. The Labute approximate surface area is 103 Å². The molecule has 96 valence electrons. The molecule has 0 fully saturated rings. The normalized spacial score (nSPS) is 10.8. The monoisotopic (exact) mass is 238 g/mol. The highest BCUT2D eigenvalue weighted by Crippen LogP contribution is 2.23. The Morgan fingerprint density at radius 3 is 2.82 bits per heavy atom. The number of aromatic hydroxyl groups is 1. The topological polar surface area (TPSA) is 68.4 Å². The lowest BCUT2D eigenvalue weighted by atomic mass is 10.1. The molecule has 1 aromatic rings.